The van der Waals surface area contributed by atoms with Crippen LogP contribution in [0.25, 0.3) is 0 Å². The normalized spacial score (nSPS) is 25.9. The van der Waals surface area contributed by atoms with Gasteiger partial charge in [-0.25, -0.2) is 0 Å². The molecule has 0 spiro atoms. The average molecular weight is 276 g/mol. The van der Waals surface area contributed by atoms with E-state index >= 15 is 0 Å². The maximum Gasteiger partial charge on any atom is 0.0534 e. The summed E-state index contributed by atoms with van der Waals surface area (Å²) in [6.07, 6.45) is 11.4. The molecular weight excluding hydrogens is 248 g/mol. The van der Waals surface area contributed by atoms with Gasteiger partial charge in [0.25, 0.3) is 0 Å². The monoisotopic (exact) mass is 276 g/mol. The van der Waals surface area contributed by atoms with Gasteiger partial charge in [-0.05, 0) is 25.7 Å². The Balaban J connectivity index is 1.54. The smallest absolute Gasteiger partial charge is 0.0534 e. The van der Waals surface area contributed by atoms with Crippen molar-refractivity contribution in [2.24, 2.45) is 5.92 Å². The summed E-state index contributed by atoms with van der Waals surface area (Å²) in [6.45, 7) is 7.68. The molecule has 1 aromatic heterocycles. The Morgan fingerprint density at radius 2 is 2.15 bits per heavy atom. The van der Waals surface area contributed by atoms with Crippen LogP contribution in [0, 0.1) is 5.92 Å². The van der Waals surface area contributed by atoms with Crippen molar-refractivity contribution in [3.05, 3.63) is 18.0 Å². The molecule has 2 fully saturated rings. The third-order valence-corrected chi connectivity index (χ3v) is 4.93. The van der Waals surface area contributed by atoms with E-state index < -0.39 is 0 Å². The zero-order valence-corrected chi connectivity index (χ0v) is 12.7. The fourth-order valence-electron chi connectivity index (χ4n) is 3.76. The molecule has 0 bridgehead atoms. The molecule has 1 atom stereocenters. The zero-order valence-electron chi connectivity index (χ0n) is 12.7. The molecule has 0 aromatic carbocycles. The lowest BCUT2D eigenvalue weighted by molar-refractivity contribution is 0.141. The molecule has 2 aliphatic rings. The lowest BCUT2D eigenvalue weighted by Gasteiger charge is -2.39. The average Bonchev–Trinajstić information content (AvgIpc) is 2.96. The van der Waals surface area contributed by atoms with Gasteiger partial charge in [0.2, 0.25) is 0 Å². The number of hydrogen-bond acceptors (Lipinski definition) is 3. The van der Waals surface area contributed by atoms with E-state index in [1.54, 1.807) is 0 Å². The minimum atomic E-state index is 0.713. The van der Waals surface area contributed by atoms with Crippen molar-refractivity contribution < 1.29 is 0 Å². The first kappa shape index (κ1) is 14.1. The summed E-state index contributed by atoms with van der Waals surface area (Å²) < 4.78 is 2.02. The predicted molar refractivity (Wildman–Crippen MR) is 81.5 cm³/mol. The van der Waals surface area contributed by atoms with Gasteiger partial charge in [-0.1, -0.05) is 19.3 Å². The van der Waals surface area contributed by atoms with E-state index in [1.165, 1.54) is 50.8 Å². The molecule has 4 nitrogen and oxygen atoms in total. The molecule has 1 saturated heterocycles. The second-order valence-corrected chi connectivity index (χ2v) is 6.40. The standard InChI is InChI=1S/C16H28N4/c1-2-20-12-14(10-18-20)11-19-9-8-17-16(13-19)15-6-4-3-5-7-15/h10,12,15-17H,2-9,11,13H2,1H3. The molecule has 0 radical (unpaired) electrons. The van der Waals surface area contributed by atoms with Gasteiger partial charge < -0.3 is 5.32 Å². The van der Waals surface area contributed by atoms with E-state index in [9.17, 15) is 0 Å². The van der Waals surface area contributed by atoms with E-state index in [4.69, 9.17) is 0 Å². The summed E-state index contributed by atoms with van der Waals surface area (Å²) in [7, 11) is 0. The van der Waals surface area contributed by atoms with Crippen molar-refractivity contribution in [1.82, 2.24) is 20.0 Å². The first-order valence-electron chi connectivity index (χ1n) is 8.32. The van der Waals surface area contributed by atoms with Gasteiger partial charge in [0.05, 0.1) is 6.20 Å². The summed E-state index contributed by atoms with van der Waals surface area (Å²) in [5.74, 6) is 0.907. The largest absolute Gasteiger partial charge is 0.311 e. The summed E-state index contributed by atoms with van der Waals surface area (Å²) in [5.41, 5.74) is 1.36. The van der Waals surface area contributed by atoms with Crippen molar-refractivity contribution >= 4 is 0 Å². The fourth-order valence-corrected chi connectivity index (χ4v) is 3.76. The number of piperazine rings is 1. The highest BCUT2D eigenvalue weighted by Crippen LogP contribution is 2.27. The Morgan fingerprint density at radius 3 is 2.90 bits per heavy atom. The van der Waals surface area contributed by atoms with Crippen LogP contribution in [0.5, 0.6) is 0 Å². The number of aryl methyl sites for hydroxylation is 1. The Hall–Kier alpha value is -0.870. The van der Waals surface area contributed by atoms with Gasteiger partial charge in [0.1, 0.15) is 0 Å². The summed E-state index contributed by atoms with van der Waals surface area (Å²) in [5, 5.41) is 8.14. The van der Waals surface area contributed by atoms with E-state index in [1.807, 2.05) is 10.9 Å². The molecule has 112 valence electrons. The third-order valence-electron chi connectivity index (χ3n) is 4.93. The molecule has 1 aromatic rings. The zero-order chi connectivity index (χ0) is 13.8. The number of aromatic nitrogens is 2. The molecule has 3 rings (SSSR count). The molecular formula is C16H28N4. The molecule has 4 heteroatoms. The molecule has 1 saturated carbocycles. The van der Waals surface area contributed by atoms with Crippen molar-refractivity contribution in [2.45, 2.75) is 58.2 Å². The highest BCUT2D eigenvalue weighted by molar-refractivity contribution is 5.04. The Labute approximate surface area is 122 Å². The van der Waals surface area contributed by atoms with Crippen LogP contribution in [0.3, 0.4) is 0 Å². The van der Waals surface area contributed by atoms with Gasteiger partial charge >= 0.3 is 0 Å². The lowest BCUT2D eigenvalue weighted by atomic mass is 9.83. The number of nitrogens with zero attached hydrogens (tertiary/aromatic N) is 3. The van der Waals surface area contributed by atoms with Gasteiger partial charge in [0.15, 0.2) is 0 Å². The first-order valence-corrected chi connectivity index (χ1v) is 8.32. The lowest BCUT2D eigenvalue weighted by Crippen LogP contribution is -2.53. The van der Waals surface area contributed by atoms with Crippen LogP contribution >= 0.6 is 0 Å². The Morgan fingerprint density at radius 1 is 1.30 bits per heavy atom. The van der Waals surface area contributed by atoms with Crippen LogP contribution in [-0.2, 0) is 13.1 Å². The van der Waals surface area contributed by atoms with E-state index in [2.05, 4.69) is 28.4 Å². The van der Waals surface area contributed by atoms with Crippen molar-refractivity contribution in [2.75, 3.05) is 19.6 Å². The Kier molecular flexibility index (Phi) is 4.73. The number of nitrogens with one attached hydrogen (secondary N) is 1. The van der Waals surface area contributed by atoms with E-state index in [0.717, 1.165) is 25.6 Å². The molecule has 2 heterocycles. The maximum absolute atomic E-state index is 4.38. The van der Waals surface area contributed by atoms with Crippen LogP contribution in [0.1, 0.15) is 44.6 Å². The fraction of sp³-hybridized carbons (Fsp3) is 0.812. The van der Waals surface area contributed by atoms with Crippen LogP contribution in [0.15, 0.2) is 12.4 Å². The van der Waals surface area contributed by atoms with Gasteiger partial charge in [-0.2, -0.15) is 5.10 Å². The molecule has 0 amide bonds. The third kappa shape index (κ3) is 3.41. The van der Waals surface area contributed by atoms with E-state index in [0.29, 0.717) is 6.04 Å². The molecule has 1 unspecified atom stereocenters. The SMILES string of the molecule is CCn1cc(CN2CCNC(C3CCCCC3)C2)cn1. The van der Waals surface area contributed by atoms with Crippen molar-refractivity contribution in [1.29, 1.82) is 0 Å². The Bertz CT molecular complexity index is 408. The number of hydrogen-bond donors (Lipinski definition) is 1. The molecule has 20 heavy (non-hydrogen) atoms. The number of rotatable bonds is 4. The molecule has 1 aliphatic heterocycles. The topological polar surface area (TPSA) is 33.1 Å². The van der Waals surface area contributed by atoms with Crippen molar-refractivity contribution in [3.8, 4) is 0 Å². The quantitative estimate of drug-likeness (QED) is 0.915. The van der Waals surface area contributed by atoms with Crippen LogP contribution in [0.2, 0.25) is 0 Å². The minimum absolute atomic E-state index is 0.713. The van der Waals surface area contributed by atoms with Gasteiger partial charge in [-0.15, -0.1) is 0 Å². The first-order chi connectivity index (χ1) is 9.85. The molecule has 1 aliphatic carbocycles. The van der Waals surface area contributed by atoms with Crippen LogP contribution in [0.4, 0.5) is 0 Å². The van der Waals surface area contributed by atoms with Crippen molar-refractivity contribution in [3.63, 3.8) is 0 Å². The maximum atomic E-state index is 4.38. The van der Waals surface area contributed by atoms with Gasteiger partial charge in [-0.3, -0.25) is 9.58 Å². The van der Waals surface area contributed by atoms with E-state index in [-0.39, 0.29) is 0 Å². The van der Waals surface area contributed by atoms with Crippen LogP contribution < -0.4 is 5.32 Å². The highest BCUT2D eigenvalue weighted by Gasteiger charge is 2.27. The predicted octanol–water partition coefficient (Wildman–Crippen LogP) is 2.26. The second kappa shape index (κ2) is 6.72. The summed E-state index contributed by atoms with van der Waals surface area (Å²) in [6, 6.07) is 0.713. The summed E-state index contributed by atoms with van der Waals surface area (Å²) in [4.78, 5) is 2.60. The minimum Gasteiger partial charge on any atom is -0.311 e. The molecule has 1 N–H and O–H groups in total. The van der Waals surface area contributed by atoms with Crippen LogP contribution in [-0.4, -0.2) is 40.4 Å². The van der Waals surface area contributed by atoms with Gasteiger partial charge in [0, 0.05) is 50.5 Å². The highest BCUT2D eigenvalue weighted by atomic mass is 15.3. The summed E-state index contributed by atoms with van der Waals surface area (Å²) >= 11 is 0. The second-order valence-electron chi connectivity index (χ2n) is 6.40.